The van der Waals surface area contributed by atoms with Crippen LogP contribution in [0.25, 0.3) is 0 Å². The van der Waals surface area contributed by atoms with Crippen LogP contribution in [-0.2, 0) is 16.0 Å². The Hall–Kier alpha value is -1.84. The fraction of sp³-hybridized carbons (Fsp3) is 0.733. The molecular weight excluding hydrogens is 420 g/mol. The number of nitrogens with one attached hydrogen (secondary N) is 2. The van der Waals surface area contributed by atoms with Crippen LogP contribution in [0.1, 0.15) is 89.5 Å². The summed E-state index contributed by atoms with van der Waals surface area (Å²) >= 11 is 0. The van der Waals surface area contributed by atoms with Gasteiger partial charge in [-0.2, -0.15) is 0 Å². The van der Waals surface area contributed by atoms with Crippen LogP contribution in [0.3, 0.4) is 0 Å². The molecule has 0 spiro atoms. The number of aryl methyl sites for hydroxylation is 1. The first-order valence-electron chi connectivity index (χ1n) is 14.2. The zero-order valence-electron chi connectivity index (χ0n) is 20.7. The summed E-state index contributed by atoms with van der Waals surface area (Å²) < 4.78 is 0. The van der Waals surface area contributed by atoms with E-state index in [1.807, 2.05) is 6.07 Å². The number of benzene rings is 1. The van der Waals surface area contributed by atoms with Gasteiger partial charge < -0.3 is 10.6 Å². The molecule has 182 valence electrons. The molecule has 34 heavy (non-hydrogen) atoms. The number of amides is 2. The van der Waals surface area contributed by atoms with Gasteiger partial charge in [-0.1, -0.05) is 6.92 Å². The molecule has 0 aromatic heterocycles. The van der Waals surface area contributed by atoms with Gasteiger partial charge in [0.2, 0.25) is 11.8 Å². The number of anilines is 2. The lowest BCUT2D eigenvalue weighted by Gasteiger charge is -2.55. The van der Waals surface area contributed by atoms with Crippen LogP contribution in [0.15, 0.2) is 18.2 Å². The van der Waals surface area contributed by atoms with E-state index in [1.165, 1.54) is 44.1 Å². The van der Waals surface area contributed by atoms with Crippen molar-refractivity contribution in [3.8, 4) is 0 Å². The molecule has 0 heterocycles. The van der Waals surface area contributed by atoms with Gasteiger partial charge in [-0.05, 0) is 143 Å². The van der Waals surface area contributed by atoms with Crippen LogP contribution in [0.2, 0.25) is 0 Å². The quantitative estimate of drug-likeness (QED) is 0.523. The molecule has 1 aromatic rings. The molecule has 0 aliphatic heterocycles. The van der Waals surface area contributed by atoms with E-state index in [9.17, 15) is 9.59 Å². The lowest BCUT2D eigenvalue weighted by atomic mass is 9.49. The highest BCUT2D eigenvalue weighted by molar-refractivity contribution is 5.98. The highest BCUT2D eigenvalue weighted by atomic mass is 16.2. The predicted octanol–water partition coefficient (Wildman–Crippen LogP) is 6.56. The number of carbonyl (C=O) groups excluding carboxylic acids is 2. The molecule has 0 radical (unpaired) electrons. The van der Waals surface area contributed by atoms with Gasteiger partial charge in [-0.25, -0.2) is 0 Å². The summed E-state index contributed by atoms with van der Waals surface area (Å²) in [7, 11) is 0. The molecule has 8 fully saturated rings. The zero-order valence-corrected chi connectivity index (χ0v) is 20.7. The minimum Gasteiger partial charge on any atom is -0.326 e. The van der Waals surface area contributed by atoms with Crippen LogP contribution >= 0.6 is 0 Å². The third-order valence-electron chi connectivity index (χ3n) is 11.0. The van der Waals surface area contributed by atoms with Crippen molar-refractivity contribution in [1.29, 1.82) is 0 Å². The molecule has 8 aliphatic rings. The summed E-state index contributed by atoms with van der Waals surface area (Å²) in [5.41, 5.74) is 2.59. The first-order valence-corrected chi connectivity index (χ1v) is 14.2. The normalized spacial score (nSPS) is 43.2. The fourth-order valence-corrected chi connectivity index (χ4v) is 10.3. The molecule has 8 aliphatic carbocycles. The number of rotatable bonds is 5. The van der Waals surface area contributed by atoms with Crippen molar-refractivity contribution in [3.05, 3.63) is 23.8 Å². The highest BCUT2D eigenvalue weighted by Gasteiger charge is 2.55. The third-order valence-corrected chi connectivity index (χ3v) is 11.0. The second-order valence-electron chi connectivity index (χ2n) is 13.6. The first kappa shape index (κ1) is 21.4. The Balaban J connectivity index is 1.10. The van der Waals surface area contributed by atoms with Gasteiger partial charge in [0.05, 0.1) is 10.8 Å². The standard InChI is InChI=1S/C30H40N2O2/c1-2-18-9-25(31-27(33)29-12-19-3-20(13-29)5-21(4-19)14-29)11-26(10-18)32-28(34)30-15-22-6-23(16-30)8-24(7-22)17-30/h9-11,19-24H,2-8,12-17H2,1H3,(H,31,33)(H,32,34). The van der Waals surface area contributed by atoms with Gasteiger partial charge in [0.25, 0.3) is 0 Å². The summed E-state index contributed by atoms with van der Waals surface area (Å²) in [5.74, 6) is 5.02. The maximum atomic E-state index is 13.6. The third kappa shape index (κ3) is 3.45. The maximum Gasteiger partial charge on any atom is 0.230 e. The molecule has 0 atom stereocenters. The van der Waals surface area contributed by atoms with E-state index in [2.05, 4.69) is 29.7 Å². The van der Waals surface area contributed by atoms with Gasteiger partial charge in [0.1, 0.15) is 0 Å². The highest BCUT2D eigenvalue weighted by Crippen LogP contribution is 2.61. The molecule has 2 N–H and O–H groups in total. The Morgan fingerprint density at radius 1 is 0.647 bits per heavy atom. The monoisotopic (exact) mass is 460 g/mol. The Kier molecular flexibility index (Phi) is 4.78. The fourth-order valence-electron chi connectivity index (χ4n) is 10.3. The van der Waals surface area contributed by atoms with E-state index >= 15 is 0 Å². The predicted molar refractivity (Wildman–Crippen MR) is 134 cm³/mol. The molecule has 0 unspecified atom stereocenters. The lowest BCUT2D eigenvalue weighted by molar-refractivity contribution is -0.140. The number of hydrogen-bond donors (Lipinski definition) is 2. The number of hydrogen-bond acceptors (Lipinski definition) is 2. The molecule has 8 bridgehead atoms. The van der Waals surface area contributed by atoms with E-state index in [1.54, 1.807) is 0 Å². The molecule has 9 rings (SSSR count). The van der Waals surface area contributed by atoms with E-state index in [0.29, 0.717) is 0 Å². The van der Waals surface area contributed by atoms with Gasteiger partial charge in [0.15, 0.2) is 0 Å². The average Bonchev–Trinajstić information content (AvgIpc) is 2.77. The van der Waals surface area contributed by atoms with Crippen LogP contribution < -0.4 is 10.6 Å². The zero-order chi connectivity index (χ0) is 23.1. The Bertz CT molecular complexity index is 880. The largest absolute Gasteiger partial charge is 0.326 e. The van der Waals surface area contributed by atoms with Crippen molar-refractivity contribution in [3.63, 3.8) is 0 Å². The molecule has 4 nitrogen and oxygen atoms in total. The smallest absolute Gasteiger partial charge is 0.230 e. The SMILES string of the molecule is CCc1cc(NC(=O)C23CC4CC(CC(C4)C2)C3)cc(NC(=O)C23CC4CC(CC(C4)C2)C3)c1. The summed E-state index contributed by atoms with van der Waals surface area (Å²) in [6.45, 7) is 2.14. The minimum absolute atomic E-state index is 0.153. The van der Waals surface area contributed by atoms with Gasteiger partial charge in [-0.3, -0.25) is 9.59 Å². The number of carbonyl (C=O) groups is 2. The Labute approximate surface area is 204 Å². The summed E-state index contributed by atoms with van der Waals surface area (Å²) in [4.78, 5) is 27.3. The van der Waals surface area contributed by atoms with Crippen molar-refractivity contribution in [1.82, 2.24) is 0 Å². The van der Waals surface area contributed by atoms with Gasteiger partial charge in [0, 0.05) is 11.4 Å². The molecule has 0 saturated heterocycles. The van der Waals surface area contributed by atoms with Crippen molar-refractivity contribution >= 4 is 23.2 Å². The summed E-state index contributed by atoms with van der Waals surface area (Å²) in [6.07, 6.45) is 15.4. The Morgan fingerprint density at radius 2 is 0.971 bits per heavy atom. The van der Waals surface area contributed by atoms with Crippen LogP contribution in [0.5, 0.6) is 0 Å². The first-order chi connectivity index (χ1) is 16.4. The van der Waals surface area contributed by atoms with E-state index in [4.69, 9.17) is 0 Å². The van der Waals surface area contributed by atoms with Gasteiger partial charge in [-0.15, -0.1) is 0 Å². The van der Waals surface area contributed by atoms with Crippen LogP contribution in [0.4, 0.5) is 11.4 Å². The Morgan fingerprint density at radius 3 is 1.26 bits per heavy atom. The van der Waals surface area contributed by atoms with Crippen molar-refractivity contribution in [2.45, 2.75) is 90.4 Å². The molecular formula is C30H40N2O2. The summed E-state index contributed by atoms with van der Waals surface area (Å²) in [5, 5.41) is 6.66. The summed E-state index contributed by atoms with van der Waals surface area (Å²) in [6, 6.07) is 6.23. The second kappa shape index (κ2) is 7.58. The van der Waals surface area contributed by atoms with Crippen molar-refractivity contribution < 1.29 is 9.59 Å². The molecule has 8 saturated carbocycles. The molecule has 2 amide bonds. The minimum atomic E-state index is -0.153. The lowest BCUT2D eigenvalue weighted by Crippen LogP contribution is -2.52. The molecule has 4 heteroatoms. The van der Waals surface area contributed by atoms with Crippen molar-refractivity contribution in [2.24, 2.45) is 46.3 Å². The van der Waals surface area contributed by atoms with Crippen LogP contribution in [0, 0.1) is 46.3 Å². The second-order valence-corrected chi connectivity index (χ2v) is 13.6. The topological polar surface area (TPSA) is 58.2 Å². The van der Waals surface area contributed by atoms with Crippen molar-refractivity contribution in [2.75, 3.05) is 10.6 Å². The van der Waals surface area contributed by atoms with E-state index < -0.39 is 0 Å². The van der Waals surface area contributed by atoms with E-state index in [-0.39, 0.29) is 22.6 Å². The van der Waals surface area contributed by atoms with E-state index in [0.717, 1.165) is 91.8 Å². The van der Waals surface area contributed by atoms with Crippen LogP contribution in [-0.4, -0.2) is 11.8 Å². The average molecular weight is 461 g/mol. The molecule has 1 aromatic carbocycles. The van der Waals surface area contributed by atoms with Gasteiger partial charge >= 0.3 is 0 Å². The maximum absolute atomic E-state index is 13.6.